The fourth-order valence-corrected chi connectivity index (χ4v) is 2.14. The fourth-order valence-electron chi connectivity index (χ4n) is 2.14. The summed E-state index contributed by atoms with van der Waals surface area (Å²) in [6, 6.07) is 7.67. The van der Waals surface area contributed by atoms with Crippen molar-refractivity contribution < 1.29 is 18.3 Å². The van der Waals surface area contributed by atoms with Gasteiger partial charge in [-0.2, -0.15) is 0 Å². The van der Waals surface area contributed by atoms with Crippen LogP contribution >= 0.6 is 0 Å². The molecule has 3 aromatic rings. The molecule has 0 unspecified atom stereocenters. The lowest BCUT2D eigenvalue weighted by Crippen LogP contribution is -1.91. The van der Waals surface area contributed by atoms with Crippen LogP contribution in [0.4, 0.5) is 8.78 Å². The van der Waals surface area contributed by atoms with Gasteiger partial charge in [0.15, 0.2) is 11.6 Å². The minimum atomic E-state index is -0.975. The van der Waals surface area contributed by atoms with Gasteiger partial charge in [-0.15, -0.1) is 0 Å². The molecule has 0 aliphatic heterocycles. The molecule has 4 nitrogen and oxygen atoms in total. The second-order valence-electron chi connectivity index (χ2n) is 4.41. The van der Waals surface area contributed by atoms with E-state index < -0.39 is 11.6 Å². The Bertz CT molecular complexity index is 815. The minimum Gasteiger partial charge on any atom is -0.497 e. The summed E-state index contributed by atoms with van der Waals surface area (Å²) in [7, 11) is 3.06. The normalized spacial score (nSPS) is 10.9. The summed E-state index contributed by atoms with van der Waals surface area (Å²) in [4.78, 5) is 7.07. The number of nitrogens with one attached hydrogen (secondary N) is 1. The quantitative estimate of drug-likeness (QED) is 0.802. The summed E-state index contributed by atoms with van der Waals surface area (Å²) < 4.78 is 37.4. The smallest absolute Gasteiger partial charge is 0.186 e. The van der Waals surface area contributed by atoms with Crippen LogP contribution in [-0.2, 0) is 0 Å². The zero-order valence-corrected chi connectivity index (χ0v) is 11.4. The van der Waals surface area contributed by atoms with Crippen molar-refractivity contribution in [2.45, 2.75) is 0 Å². The molecule has 3 rings (SSSR count). The number of halogens is 2. The molecule has 0 radical (unpaired) electrons. The number of ether oxygens (including phenoxy) is 2. The maximum absolute atomic E-state index is 13.7. The topological polar surface area (TPSA) is 47.1 Å². The summed E-state index contributed by atoms with van der Waals surface area (Å²) in [5.74, 6) is -0.367. The van der Waals surface area contributed by atoms with Gasteiger partial charge in [-0.05, 0) is 30.3 Å². The molecule has 0 saturated carbocycles. The summed E-state index contributed by atoms with van der Waals surface area (Å²) in [5.41, 5.74) is 0.969. The monoisotopic (exact) mass is 290 g/mol. The number of benzene rings is 2. The Balaban J connectivity index is 2.22. The lowest BCUT2D eigenvalue weighted by molar-refractivity contribution is 0.404. The lowest BCUT2D eigenvalue weighted by Gasteiger charge is -2.08. The molecule has 0 saturated heterocycles. The van der Waals surface area contributed by atoms with Gasteiger partial charge in [-0.25, -0.2) is 13.8 Å². The first-order valence-corrected chi connectivity index (χ1v) is 6.20. The molecular weight excluding hydrogens is 278 g/mol. The van der Waals surface area contributed by atoms with Crippen molar-refractivity contribution in [1.82, 2.24) is 9.97 Å². The van der Waals surface area contributed by atoms with Crippen LogP contribution in [0.15, 0.2) is 30.3 Å². The Labute approximate surface area is 119 Å². The highest BCUT2D eigenvalue weighted by Crippen LogP contribution is 2.33. The first-order valence-electron chi connectivity index (χ1n) is 6.20. The van der Waals surface area contributed by atoms with Crippen LogP contribution in [0.3, 0.4) is 0 Å². The number of hydrogen-bond donors (Lipinski definition) is 1. The lowest BCUT2D eigenvalue weighted by atomic mass is 10.2. The zero-order chi connectivity index (χ0) is 15.0. The number of imidazole rings is 1. The van der Waals surface area contributed by atoms with Crippen LogP contribution in [0.2, 0.25) is 0 Å². The van der Waals surface area contributed by atoms with Crippen molar-refractivity contribution in [1.29, 1.82) is 0 Å². The molecule has 1 heterocycles. The van der Waals surface area contributed by atoms with E-state index in [2.05, 4.69) is 9.97 Å². The van der Waals surface area contributed by atoms with Gasteiger partial charge in [-0.1, -0.05) is 0 Å². The highest BCUT2D eigenvalue weighted by molar-refractivity contribution is 5.81. The fraction of sp³-hybridized carbons (Fsp3) is 0.133. The number of aromatic nitrogens is 2. The molecule has 108 valence electrons. The van der Waals surface area contributed by atoms with Gasteiger partial charge < -0.3 is 14.5 Å². The van der Waals surface area contributed by atoms with Crippen molar-refractivity contribution in [2.75, 3.05) is 14.2 Å². The molecule has 1 aromatic heterocycles. The Morgan fingerprint density at radius 2 is 1.86 bits per heavy atom. The van der Waals surface area contributed by atoms with Crippen molar-refractivity contribution in [3.8, 4) is 22.9 Å². The largest absolute Gasteiger partial charge is 0.497 e. The molecule has 0 spiro atoms. The highest BCUT2D eigenvalue weighted by Gasteiger charge is 2.16. The molecule has 21 heavy (non-hydrogen) atoms. The van der Waals surface area contributed by atoms with Gasteiger partial charge in [0.05, 0.1) is 25.3 Å². The van der Waals surface area contributed by atoms with Gasteiger partial charge in [0, 0.05) is 0 Å². The molecule has 2 aromatic carbocycles. The van der Waals surface area contributed by atoms with E-state index in [0.717, 1.165) is 6.07 Å². The van der Waals surface area contributed by atoms with Crippen LogP contribution in [0.5, 0.6) is 11.5 Å². The average Bonchev–Trinajstić information content (AvgIpc) is 2.95. The number of rotatable bonds is 3. The summed E-state index contributed by atoms with van der Waals surface area (Å²) in [6.45, 7) is 0. The van der Waals surface area contributed by atoms with Crippen LogP contribution in [0, 0.1) is 11.6 Å². The number of aromatic amines is 1. The average molecular weight is 290 g/mol. The van der Waals surface area contributed by atoms with E-state index in [0.29, 0.717) is 28.4 Å². The highest BCUT2D eigenvalue weighted by atomic mass is 19.2. The Hall–Kier alpha value is -2.63. The minimum absolute atomic E-state index is 0.0464. The summed E-state index contributed by atoms with van der Waals surface area (Å²) in [5, 5.41) is 0. The molecule has 0 aliphatic rings. The van der Waals surface area contributed by atoms with E-state index in [4.69, 9.17) is 9.47 Å². The van der Waals surface area contributed by atoms with Crippen molar-refractivity contribution in [2.24, 2.45) is 0 Å². The predicted octanol–water partition coefficient (Wildman–Crippen LogP) is 3.53. The number of methoxy groups -OCH3 is 2. The maximum Gasteiger partial charge on any atom is 0.186 e. The molecule has 0 atom stereocenters. The van der Waals surface area contributed by atoms with Crippen LogP contribution in [-0.4, -0.2) is 24.2 Å². The molecular formula is C15H12F2N2O2. The first-order chi connectivity index (χ1) is 10.1. The van der Waals surface area contributed by atoms with E-state index in [1.165, 1.54) is 13.2 Å². The van der Waals surface area contributed by atoms with Crippen molar-refractivity contribution in [3.63, 3.8) is 0 Å². The molecule has 6 heteroatoms. The van der Waals surface area contributed by atoms with E-state index in [1.807, 2.05) is 0 Å². The molecule has 1 N–H and O–H groups in total. The van der Waals surface area contributed by atoms with Crippen LogP contribution in [0.25, 0.3) is 22.4 Å². The third-order valence-corrected chi connectivity index (χ3v) is 3.21. The van der Waals surface area contributed by atoms with Crippen molar-refractivity contribution in [3.05, 3.63) is 42.0 Å². The van der Waals surface area contributed by atoms with E-state index >= 15 is 0 Å². The Morgan fingerprint density at radius 1 is 1.05 bits per heavy atom. The SMILES string of the molecule is COc1ccc(OC)c(-c2nc3c(F)c(F)ccc3[nH]2)c1. The maximum atomic E-state index is 13.7. The summed E-state index contributed by atoms with van der Waals surface area (Å²) in [6.07, 6.45) is 0. The van der Waals surface area contributed by atoms with Gasteiger partial charge in [0.1, 0.15) is 22.8 Å². The predicted molar refractivity (Wildman–Crippen MR) is 74.5 cm³/mol. The third-order valence-electron chi connectivity index (χ3n) is 3.21. The first kappa shape index (κ1) is 13.4. The number of fused-ring (bicyclic) bond motifs is 1. The standard InChI is InChI=1S/C15H12F2N2O2/c1-20-8-3-6-12(21-2)9(7-8)15-18-11-5-4-10(16)13(17)14(11)19-15/h3-7H,1-2H3,(H,18,19). The second kappa shape index (κ2) is 5.05. The Kier molecular flexibility index (Phi) is 3.21. The molecule has 0 fully saturated rings. The molecule has 0 bridgehead atoms. The number of hydrogen-bond acceptors (Lipinski definition) is 3. The van der Waals surface area contributed by atoms with Gasteiger partial charge in [0.25, 0.3) is 0 Å². The third kappa shape index (κ3) is 2.18. The van der Waals surface area contributed by atoms with Gasteiger partial charge in [0.2, 0.25) is 0 Å². The second-order valence-corrected chi connectivity index (χ2v) is 4.41. The van der Waals surface area contributed by atoms with Crippen LogP contribution < -0.4 is 9.47 Å². The molecule has 0 amide bonds. The van der Waals surface area contributed by atoms with Gasteiger partial charge >= 0.3 is 0 Å². The van der Waals surface area contributed by atoms with E-state index in [1.54, 1.807) is 25.3 Å². The zero-order valence-electron chi connectivity index (χ0n) is 11.4. The van der Waals surface area contributed by atoms with Crippen LogP contribution in [0.1, 0.15) is 0 Å². The molecule has 0 aliphatic carbocycles. The van der Waals surface area contributed by atoms with E-state index in [9.17, 15) is 8.78 Å². The Morgan fingerprint density at radius 3 is 2.57 bits per heavy atom. The number of nitrogens with zero attached hydrogens (tertiary/aromatic N) is 1. The number of H-pyrrole nitrogens is 1. The van der Waals surface area contributed by atoms with Gasteiger partial charge in [-0.3, -0.25) is 0 Å². The summed E-state index contributed by atoms with van der Waals surface area (Å²) >= 11 is 0. The van der Waals surface area contributed by atoms with E-state index in [-0.39, 0.29) is 5.52 Å². The van der Waals surface area contributed by atoms with Crippen molar-refractivity contribution >= 4 is 11.0 Å².